The Morgan fingerprint density at radius 2 is 2.04 bits per heavy atom. The highest BCUT2D eigenvalue weighted by Gasteiger charge is 2.29. The third-order valence-corrected chi connectivity index (χ3v) is 4.23. The first-order valence-electron chi connectivity index (χ1n) is 8.05. The molecule has 1 aromatic carbocycles. The van der Waals surface area contributed by atoms with Gasteiger partial charge in [-0.15, -0.1) is 0 Å². The Balaban J connectivity index is 1.48. The van der Waals surface area contributed by atoms with Crippen molar-refractivity contribution in [2.75, 3.05) is 11.9 Å². The summed E-state index contributed by atoms with van der Waals surface area (Å²) in [6.07, 6.45) is 4.66. The number of nitrogens with zero attached hydrogens (tertiary/aromatic N) is 1. The minimum Gasteiger partial charge on any atom is -0.457 e. The fourth-order valence-electron chi connectivity index (χ4n) is 2.77. The van der Waals surface area contributed by atoms with Crippen LogP contribution in [0.1, 0.15) is 24.0 Å². The summed E-state index contributed by atoms with van der Waals surface area (Å²) in [7, 11) is 0. The summed E-state index contributed by atoms with van der Waals surface area (Å²) in [6.45, 7) is 1.91. The third-order valence-electron chi connectivity index (χ3n) is 4.23. The molecule has 1 fully saturated rings. The zero-order valence-electron chi connectivity index (χ0n) is 12.8. The van der Waals surface area contributed by atoms with Crippen LogP contribution >= 0.6 is 0 Å². The number of rotatable bonds is 4. The van der Waals surface area contributed by atoms with E-state index in [2.05, 4.69) is 27.8 Å². The molecule has 1 aromatic heterocycles. The number of hydrogen-bond acceptors (Lipinski definition) is 4. The van der Waals surface area contributed by atoms with Gasteiger partial charge in [0.1, 0.15) is 17.3 Å². The van der Waals surface area contributed by atoms with Crippen LogP contribution in [-0.2, 0) is 17.8 Å². The molecule has 4 rings (SSSR count). The number of ether oxygens (including phenoxy) is 1. The van der Waals surface area contributed by atoms with Crippen molar-refractivity contribution in [2.24, 2.45) is 5.92 Å². The average molecular weight is 309 g/mol. The summed E-state index contributed by atoms with van der Waals surface area (Å²) in [5.74, 6) is 2.23. The lowest BCUT2D eigenvalue weighted by molar-refractivity contribution is -0.117. The number of anilines is 1. The first-order valence-corrected chi connectivity index (χ1v) is 8.05. The van der Waals surface area contributed by atoms with E-state index in [0.717, 1.165) is 38.1 Å². The highest BCUT2D eigenvalue weighted by Crippen LogP contribution is 2.31. The molecule has 1 saturated carbocycles. The van der Waals surface area contributed by atoms with Crippen LogP contribution in [0.2, 0.25) is 0 Å². The largest absolute Gasteiger partial charge is 0.457 e. The van der Waals surface area contributed by atoms with Gasteiger partial charge in [0.2, 0.25) is 5.91 Å². The maximum Gasteiger partial charge on any atom is 0.228 e. The molecule has 1 amide bonds. The zero-order chi connectivity index (χ0) is 15.6. The van der Waals surface area contributed by atoms with Gasteiger partial charge < -0.3 is 15.4 Å². The molecule has 0 unspecified atom stereocenters. The lowest BCUT2D eigenvalue weighted by atomic mass is 10.0. The van der Waals surface area contributed by atoms with E-state index in [1.807, 2.05) is 6.07 Å². The van der Waals surface area contributed by atoms with Gasteiger partial charge in [0.25, 0.3) is 0 Å². The van der Waals surface area contributed by atoms with Crippen LogP contribution in [0.15, 0.2) is 36.5 Å². The molecule has 1 aliphatic heterocycles. The van der Waals surface area contributed by atoms with E-state index in [9.17, 15) is 4.79 Å². The number of fused-ring (bicyclic) bond motifs is 1. The quantitative estimate of drug-likeness (QED) is 0.911. The number of carbonyl (C=O) groups is 1. The van der Waals surface area contributed by atoms with Crippen LogP contribution in [0.4, 0.5) is 5.82 Å². The normalized spacial score (nSPS) is 16.5. The molecule has 0 atom stereocenters. The molecule has 2 heterocycles. The van der Waals surface area contributed by atoms with Crippen molar-refractivity contribution in [3.63, 3.8) is 0 Å². The topological polar surface area (TPSA) is 63.2 Å². The molecule has 118 valence electrons. The molecule has 0 spiro atoms. The van der Waals surface area contributed by atoms with Gasteiger partial charge in [-0.05, 0) is 55.1 Å². The van der Waals surface area contributed by atoms with E-state index in [-0.39, 0.29) is 11.8 Å². The van der Waals surface area contributed by atoms with Crippen LogP contribution in [-0.4, -0.2) is 17.4 Å². The standard InChI is InChI=1S/C18H19N3O2/c22-18(13-1-2-13)21-17-10-16(6-8-20-17)23-15-4-3-12-5-7-19-11-14(12)9-15/h3-4,6,8-10,13,19H,1-2,5,7,11H2,(H,20,21,22). The summed E-state index contributed by atoms with van der Waals surface area (Å²) in [5, 5.41) is 6.21. The molecule has 1 aliphatic carbocycles. The predicted octanol–water partition coefficient (Wildman–Crippen LogP) is 2.87. The molecule has 2 aromatic rings. The van der Waals surface area contributed by atoms with E-state index in [1.165, 1.54) is 11.1 Å². The van der Waals surface area contributed by atoms with Crippen LogP contribution < -0.4 is 15.4 Å². The fourth-order valence-corrected chi connectivity index (χ4v) is 2.77. The number of aromatic nitrogens is 1. The molecule has 0 bridgehead atoms. The Labute approximate surface area is 135 Å². The predicted molar refractivity (Wildman–Crippen MR) is 87.5 cm³/mol. The molecule has 0 saturated heterocycles. The summed E-state index contributed by atoms with van der Waals surface area (Å²) < 4.78 is 5.92. The van der Waals surface area contributed by atoms with Gasteiger partial charge in [-0.25, -0.2) is 4.98 Å². The Kier molecular flexibility index (Phi) is 3.71. The Bertz CT molecular complexity index is 741. The number of amides is 1. The van der Waals surface area contributed by atoms with Gasteiger partial charge in [-0.1, -0.05) is 6.07 Å². The van der Waals surface area contributed by atoms with Gasteiger partial charge in [0.05, 0.1) is 0 Å². The monoisotopic (exact) mass is 309 g/mol. The maximum absolute atomic E-state index is 11.8. The summed E-state index contributed by atoms with van der Waals surface area (Å²) >= 11 is 0. The fraction of sp³-hybridized carbons (Fsp3) is 0.333. The maximum atomic E-state index is 11.8. The summed E-state index contributed by atoms with van der Waals surface area (Å²) in [6, 6.07) is 9.75. The smallest absolute Gasteiger partial charge is 0.228 e. The highest BCUT2D eigenvalue weighted by molar-refractivity contribution is 5.93. The van der Waals surface area contributed by atoms with Crippen molar-refractivity contribution < 1.29 is 9.53 Å². The van der Waals surface area contributed by atoms with E-state index in [0.29, 0.717) is 11.6 Å². The average Bonchev–Trinajstić information content (AvgIpc) is 3.40. The van der Waals surface area contributed by atoms with Crippen molar-refractivity contribution in [3.05, 3.63) is 47.7 Å². The van der Waals surface area contributed by atoms with Crippen LogP contribution in [0.5, 0.6) is 11.5 Å². The van der Waals surface area contributed by atoms with Gasteiger partial charge in [0, 0.05) is 24.7 Å². The summed E-state index contributed by atoms with van der Waals surface area (Å²) in [4.78, 5) is 16.0. The SMILES string of the molecule is O=C(Nc1cc(Oc2ccc3c(c2)CNCC3)ccn1)C1CC1. The second-order valence-corrected chi connectivity index (χ2v) is 6.10. The van der Waals surface area contributed by atoms with E-state index >= 15 is 0 Å². The van der Waals surface area contributed by atoms with Crippen LogP contribution in [0.3, 0.4) is 0 Å². The molecule has 5 heteroatoms. The van der Waals surface area contributed by atoms with Crippen molar-refractivity contribution in [1.29, 1.82) is 0 Å². The molecule has 5 nitrogen and oxygen atoms in total. The van der Waals surface area contributed by atoms with Crippen molar-refractivity contribution in [2.45, 2.75) is 25.8 Å². The number of carbonyl (C=O) groups excluding carboxylic acids is 1. The zero-order valence-corrected chi connectivity index (χ0v) is 12.8. The van der Waals surface area contributed by atoms with Gasteiger partial charge in [-0.2, -0.15) is 0 Å². The summed E-state index contributed by atoms with van der Waals surface area (Å²) in [5.41, 5.74) is 2.66. The van der Waals surface area contributed by atoms with E-state index in [1.54, 1.807) is 18.3 Å². The van der Waals surface area contributed by atoms with Crippen molar-refractivity contribution in [1.82, 2.24) is 10.3 Å². The van der Waals surface area contributed by atoms with Gasteiger partial charge in [-0.3, -0.25) is 4.79 Å². The van der Waals surface area contributed by atoms with E-state index < -0.39 is 0 Å². The van der Waals surface area contributed by atoms with Crippen molar-refractivity contribution >= 4 is 11.7 Å². The second kappa shape index (κ2) is 6.01. The molecular weight excluding hydrogens is 290 g/mol. The minimum atomic E-state index is 0.0505. The lowest BCUT2D eigenvalue weighted by Crippen LogP contribution is -2.23. The molecule has 2 N–H and O–H groups in total. The Morgan fingerprint density at radius 1 is 1.17 bits per heavy atom. The number of pyridine rings is 1. The molecule has 0 radical (unpaired) electrons. The Hall–Kier alpha value is -2.40. The molecule has 2 aliphatic rings. The number of benzene rings is 1. The van der Waals surface area contributed by atoms with E-state index in [4.69, 9.17) is 4.74 Å². The molecule has 23 heavy (non-hydrogen) atoms. The molecular formula is C18H19N3O2. The first kappa shape index (κ1) is 14.2. The minimum absolute atomic E-state index is 0.0505. The second-order valence-electron chi connectivity index (χ2n) is 6.10. The highest BCUT2D eigenvalue weighted by atomic mass is 16.5. The number of hydrogen-bond donors (Lipinski definition) is 2. The van der Waals surface area contributed by atoms with Gasteiger partial charge >= 0.3 is 0 Å². The van der Waals surface area contributed by atoms with Crippen LogP contribution in [0.25, 0.3) is 0 Å². The van der Waals surface area contributed by atoms with Gasteiger partial charge in [0.15, 0.2) is 0 Å². The first-order chi connectivity index (χ1) is 11.3. The lowest BCUT2D eigenvalue weighted by Gasteiger charge is -2.18. The van der Waals surface area contributed by atoms with Crippen molar-refractivity contribution in [3.8, 4) is 11.5 Å². The Morgan fingerprint density at radius 3 is 2.91 bits per heavy atom. The number of nitrogens with one attached hydrogen (secondary N) is 2. The third kappa shape index (κ3) is 3.35. The van der Waals surface area contributed by atoms with Crippen LogP contribution in [0, 0.1) is 5.92 Å².